The Morgan fingerprint density at radius 3 is 2.63 bits per heavy atom. The predicted molar refractivity (Wildman–Crippen MR) is 107 cm³/mol. The molecule has 1 N–H and O–H groups in total. The van der Waals surface area contributed by atoms with Crippen LogP contribution in [0.1, 0.15) is 37.4 Å². The molecule has 0 amide bonds. The first kappa shape index (κ1) is 19.9. The average Bonchev–Trinajstić information content (AvgIpc) is 3.13. The quantitative estimate of drug-likeness (QED) is 0.732. The van der Waals surface area contributed by atoms with Crippen LogP contribution in [0, 0.1) is 0 Å². The molecule has 3 rings (SSSR count). The van der Waals surface area contributed by atoms with Gasteiger partial charge in [-0.15, -0.1) is 0 Å². The Labute approximate surface area is 162 Å². The zero-order valence-electron chi connectivity index (χ0n) is 16.6. The molecule has 0 aliphatic carbocycles. The molecule has 1 aromatic heterocycles. The molecular formula is C22H32N2O3. The molecule has 5 nitrogen and oxygen atoms in total. The molecule has 0 saturated carbocycles. The highest BCUT2D eigenvalue weighted by molar-refractivity contribution is 5.33. The maximum absolute atomic E-state index is 9.56. The van der Waals surface area contributed by atoms with Gasteiger partial charge in [0.25, 0.3) is 0 Å². The van der Waals surface area contributed by atoms with Crippen LogP contribution in [0.25, 0.3) is 0 Å². The van der Waals surface area contributed by atoms with Crippen molar-refractivity contribution in [1.29, 1.82) is 0 Å². The second-order valence-corrected chi connectivity index (χ2v) is 7.13. The monoisotopic (exact) mass is 372 g/mol. The van der Waals surface area contributed by atoms with Crippen molar-refractivity contribution in [2.24, 2.45) is 0 Å². The van der Waals surface area contributed by atoms with Crippen LogP contribution >= 0.6 is 0 Å². The van der Waals surface area contributed by atoms with Crippen LogP contribution in [-0.4, -0.2) is 53.8 Å². The second kappa shape index (κ2) is 9.93. The lowest BCUT2D eigenvalue weighted by molar-refractivity contribution is 0.0461. The van der Waals surface area contributed by atoms with E-state index in [1.54, 1.807) is 0 Å². The number of furan rings is 1. The van der Waals surface area contributed by atoms with Gasteiger partial charge in [-0.25, -0.2) is 0 Å². The van der Waals surface area contributed by atoms with Gasteiger partial charge in [-0.3, -0.25) is 9.80 Å². The Kier molecular flexibility index (Phi) is 7.33. The summed E-state index contributed by atoms with van der Waals surface area (Å²) in [6, 6.07) is 12.8. The summed E-state index contributed by atoms with van der Waals surface area (Å²) < 4.78 is 11.7. The van der Waals surface area contributed by atoms with Crippen molar-refractivity contribution < 1.29 is 14.3 Å². The van der Waals surface area contributed by atoms with Crippen molar-refractivity contribution in [1.82, 2.24) is 9.80 Å². The Bertz CT molecular complexity index is 700. The van der Waals surface area contributed by atoms with Gasteiger partial charge in [0, 0.05) is 50.8 Å². The number of aryl methyl sites for hydroxylation is 1. The fraction of sp³-hybridized carbons (Fsp3) is 0.545. The number of aliphatic hydroxyl groups is 1. The topological polar surface area (TPSA) is 49.1 Å². The van der Waals surface area contributed by atoms with E-state index in [9.17, 15) is 5.11 Å². The van der Waals surface area contributed by atoms with Crippen molar-refractivity contribution in [3.05, 3.63) is 53.5 Å². The van der Waals surface area contributed by atoms with Crippen molar-refractivity contribution in [3.63, 3.8) is 0 Å². The van der Waals surface area contributed by atoms with E-state index in [1.165, 1.54) is 5.56 Å². The Hall–Kier alpha value is -1.82. The third-order valence-electron chi connectivity index (χ3n) is 5.24. The Morgan fingerprint density at radius 2 is 1.89 bits per heavy atom. The summed E-state index contributed by atoms with van der Waals surface area (Å²) in [7, 11) is 0. The minimum atomic E-state index is 0.211. The van der Waals surface area contributed by atoms with Crippen LogP contribution < -0.4 is 4.74 Å². The average molecular weight is 373 g/mol. The van der Waals surface area contributed by atoms with Gasteiger partial charge in [-0.1, -0.05) is 25.1 Å². The highest BCUT2D eigenvalue weighted by Crippen LogP contribution is 2.24. The summed E-state index contributed by atoms with van der Waals surface area (Å²) in [5.74, 6) is 3.04. The van der Waals surface area contributed by atoms with E-state index in [1.807, 2.05) is 19.1 Å². The molecule has 5 heteroatoms. The highest BCUT2D eigenvalue weighted by atomic mass is 16.5. The maximum Gasteiger partial charge on any atom is 0.123 e. The van der Waals surface area contributed by atoms with Gasteiger partial charge in [0.15, 0.2) is 0 Å². The first-order chi connectivity index (χ1) is 13.2. The van der Waals surface area contributed by atoms with Crippen LogP contribution in [0.15, 0.2) is 40.8 Å². The number of nitrogens with zero attached hydrogens (tertiary/aromatic N) is 2. The summed E-state index contributed by atoms with van der Waals surface area (Å²) in [6.45, 7) is 9.63. The summed E-state index contributed by atoms with van der Waals surface area (Å²) >= 11 is 0. The number of benzene rings is 1. The van der Waals surface area contributed by atoms with E-state index in [4.69, 9.17) is 9.15 Å². The van der Waals surface area contributed by atoms with E-state index in [0.29, 0.717) is 12.6 Å². The van der Waals surface area contributed by atoms with Gasteiger partial charge < -0.3 is 14.3 Å². The molecule has 2 aromatic rings. The number of hydrogen-bond donors (Lipinski definition) is 1. The maximum atomic E-state index is 9.56. The molecule has 1 fully saturated rings. The molecule has 1 unspecified atom stereocenters. The molecule has 2 heterocycles. The fourth-order valence-electron chi connectivity index (χ4n) is 3.80. The van der Waals surface area contributed by atoms with E-state index < -0.39 is 0 Å². The smallest absolute Gasteiger partial charge is 0.123 e. The van der Waals surface area contributed by atoms with Crippen molar-refractivity contribution in [3.8, 4) is 5.75 Å². The molecule has 0 radical (unpaired) electrons. The summed E-state index contributed by atoms with van der Waals surface area (Å²) in [5, 5.41) is 9.56. The van der Waals surface area contributed by atoms with Crippen molar-refractivity contribution in [2.45, 2.75) is 45.8 Å². The van der Waals surface area contributed by atoms with Gasteiger partial charge in [-0.05, 0) is 31.5 Å². The summed E-state index contributed by atoms with van der Waals surface area (Å²) in [6.07, 6.45) is 1.71. The molecule has 148 valence electrons. The van der Waals surface area contributed by atoms with Gasteiger partial charge in [-0.2, -0.15) is 0 Å². The van der Waals surface area contributed by atoms with Crippen LogP contribution in [-0.2, 0) is 19.5 Å². The minimum absolute atomic E-state index is 0.211. The lowest BCUT2D eigenvalue weighted by Gasteiger charge is -2.41. The molecule has 0 spiro atoms. The lowest BCUT2D eigenvalue weighted by Crippen LogP contribution is -2.52. The molecule has 1 saturated heterocycles. The number of hydrogen-bond acceptors (Lipinski definition) is 5. The molecule has 0 bridgehead atoms. The van der Waals surface area contributed by atoms with Gasteiger partial charge in [0.1, 0.15) is 17.3 Å². The Balaban J connectivity index is 1.64. The zero-order valence-corrected chi connectivity index (χ0v) is 16.6. The number of rotatable bonds is 9. The molecule has 1 aliphatic rings. The van der Waals surface area contributed by atoms with Crippen molar-refractivity contribution in [2.75, 3.05) is 32.8 Å². The largest absolute Gasteiger partial charge is 0.494 e. The molecule has 1 aliphatic heterocycles. The zero-order chi connectivity index (χ0) is 19.1. The number of aliphatic hydroxyl groups excluding tert-OH is 1. The summed E-state index contributed by atoms with van der Waals surface area (Å²) in [4.78, 5) is 4.91. The van der Waals surface area contributed by atoms with Crippen molar-refractivity contribution >= 4 is 0 Å². The lowest BCUT2D eigenvalue weighted by atomic mass is 10.1. The standard InChI is InChI=1S/C22H32N2O3/c1-3-20-9-10-21(27-20)17-23-12-13-24(19(16-23)11-14-25)15-18-7-5-6-8-22(18)26-4-2/h5-10,19,25H,3-4,11-17H2,1-2H3. The number of para-hydroxylation sites is 1. The molecular weight excluding hydrogens is 340 g/mol. The predicted octanol–water partition coefficient (Wildman–Crippen LogP) is 3.31. The van der Waals surface area contributed by atoms with Crippen LogP contribution in [0.4, 0.5) is 0 Å². The minimum Gasteiger partial charge on any atom is -0.494 e. The van der Waals surface area contributed by atoms with E-state index in [-0.39, 0.29) is 6.61 Å². The first-order valence-corrected chi connectivity index (χ1v) is 10.1. The highest BCUT2D eigenvalue weighted by Gasteiger charge is 2.27. The van der Waals surface area contributed by atoms with E-state index in [0.717, 1.165) is 62.8 Å². The normalized spacial score (nSPS) is 18.7. The fourth-order valence-corrected chi connectivity index (χ4v) is 3.80. The second-order valence-electron chi connectivity index (χ2n) is 7.13. The Morgan fingerprint density at radius 1 is 1.07 bits per heavy atom. The molecule has 1 atom stereocenters. The molecule has 1 aromatic carbocycles. The third kappa shape index (κ3) is 5.34. The van der Waals surface area contributed by atoms with Crippen LogP contribution in [0.3, 0.4) is 0 Å². The van der Waals surface area contributed by atoms with Gasteiger partial charge in [0.05, 0.1) is 13.2 Å². The van der Waals surface area contributed by atoms with E-state index >= 15 is 0 Å². The van der Waals surface area contributed by atoms with Gasteiger partial charge in [0.2, 0.25) is 0 Å². The molecule has 27 heavy (non-hydrogen) atoms. The van der Waals surface area contributed by atoms with E-state index in [2.05, 4.69) is 41.0 Å². The third-order valence-corrected chi connectivity index (χ3v) is 5.24. The van der Waals surface area contributed by atoms with Crippen LogP contribution in [0.5, 0.6) is 5.75 Å². The first-order valence-electron chi connectivity index (χ1n) is 10.1. The SMILES string of the molecule is CCOc1ccccc1CN1CCN(Cc2ccc(CC)o2)CC1CCO. The van der Waals surface area contributed by atoms with Gasteiger partial charge >= 0.3 is 0 Å². The number of ether oxygens (including phenoxy) is 1. The summed E-state index contributed by atoms with van der Waals surface area (Å²) in [5.41, 5.74) is 1.22. The number of piperazine rings is 1. The van der Waals surface area contributed by atoms with Crippen LogP contribution in [0.2, 0.25) is 0 Å².